The van der Waals surface area contributed by atoms with Gasteiger partial charge in [-0.05, 0) is 32.9 Å². The van der Waals surface area contributed by atoms with Crippen molar-refractivity contribution in [3.8, 4) is 0 Å². The molecule has 2 N–H and O–H groups in total. The Morgan fingerprint density at radius 2 is 2.16 bits per heavy atom. The van der Waals surface area contributed by atoms with Crippen molar-refractivity contribution < 1.29 is 19.4 Å². The first-order valence-corrected chi connectivity index (χ1v) is 6.05. The van der Waals surface area contributed by atoms with E-state index in [1.54, 1.807) is 6.92 Å². The van der Waals surface area contributed by atoms with E-state index in [1.807, 2.05) is 13.8 Å². The van der Waals surface area contributed by atoms with Crippen LogP contribution >= 0.6 is 0 Å². The summed E-state index contributed by atoms with van der Waals surface area (Å²) in [4.78, 5) is 26.7. The van der Waals surface area contributed by atoms with Crippen LogP contribution in [0, 0.1) is 6.92 Å². The van der Waals surface area contributed by atoms with E-state index >= 15 is 0 Å². The van der Waals surface area contributed by atoms with Crippen LogP contribution in [0.25, 0.3) is 0 Å². The summed E-state index contributed by atoms with van der Waals surface area (Å²) in [6.45, 7) is 6.28. The molecule has 0 aliphatic carbocycles. The van der Waals surface area contributed by atoms with Crippen molar-refractivity contribution in [3.05, 3.63) is 29.1 Å². The number of aromatic carboxylic acids is 1. The van der Waals surface area contributed by atoms with E-state index in [1.165, 1.54) is 12.1 Å². The summed E-state index contributed by atoms with van der Waals surface area (Å²) in [5.74, 6) is -1.39. The van der Waals surface area contributed by atoms with Crippen LogP contribution in [0.1, 0.15) is 40.4 Å². The minimum Gasteiger partial charge on any atom is -0.478 e. The van der Waals surface area contributed by atoms with Gasteiger partial charge in [-0.15, -0.1) is 0 Å². The van der Waals surface area contributed by atoms with E-state index in [0.717, 1.165) is 0 Å². The molecule has 0 fully saturated rings. The van der Waals surface area contributed by atoms with Gasteiger partial charge >= 0.3 is 5.97 Å². The third kappa shape index (κ3) is 4.33. The summed E-state index contributed by atoms with van der Waals surface area (Å²) in [5.41, 5.74) is 0.613. The Hall–Kier alpha value is -1.95. The second-order valence-corrected chi connectivity index (χ2v) is 4.17. The maximum atomic E-state index is 11.9. The fourth-order valence-electron chi connectivity index (χ4n) is 1.55. The quantitative estimate of drug-likeness (QED) is 0.808. The zero-order valence-corrected chi connectivity index (χ0v) is 11.3. The number of carbonyl (C=O) groups excluding carboxylic acids is 1. The highest BCUT2D eigenvalue weighted by Gasteiger charge is 2.14. The van der Waals surface area contributed by atoms with E-state index in [-0.39, 0.29) is 23.2 Å². The first kappa shape index (κ1) is 15.1. The average Bonchev–Trinajstić information content (AvgIpc) is 2.35. The van der Waals surface area contributed by atoms with Gasteiger partial charge in [-0.1, -0.05) is 0 Å². The third-order valence-corrected chi connectivity index (χ3v) is 2.50. The lowest BCUT2D eigenvalue weighted by atomic mass is 10.2. The SMILES string of the molecule is CCOCC(C)NC(=O)c1ccc(C(=O)O)c(C)n1. The Morgan fingerprint density at radius 3 is 2.68 bits per heavy atom. The molecule has 1 aromatic heterocycles. The first-order valence-electron chi connectivity index (χ1n) is 6.05. The number of carboxylic acid groups (broad SMARTS) is 1. The standard InChI is InChI=1S/C13H18N2O4/c1-4-19-7-8(2)14-12(16)11-6-5-10(13(17)18)9(3)15-11/h5-6,8H,4,7H2,1-3H3,(H,14,16)(H,17,18). The zero-order valence-electron chi connectivity index (χ0n) is 11.3. The lowest BCUT2D eigenvalue weighted by Crippen LogP contribution is -2.36. The summed E-state index contributed by atoms with van der Waals surface area (Å²) in [7, 11) is 0. The number of aryl methyl sites for hydroxylation is 1. The smallest absolute Gasteiger partial charge is 0.337 e. The van der Waals surface area contributed by atoms with E-state index in [9.17, 15) is 9.59 Å². The Labute approximate surface area is 111 Å². The van der Waals surface area contributed by atoms with Gasteiger partial charge in [0.05, 0.1) is 17.9 Å². The molecule has 6 heteroatoms. The third-order valence-electron chi connectivity index (χ3n) is 2.50. The van der Waals surface area contributed by atoms with E-state index < -0.39 is 5.97 Å². The Balaban J connectivity index is 2.72. The Morgan fingerprint density at radius 1 is 1.47 bits per heavy atom. The molecule has 0 saturated heterocycles. The number of hydrogen-bond donors (Lipinski definition) is 2. The van der Waals surface area contributed by atoms with Crippen LogP contribution in [0.3, 0.4) is 0 Å². The van der Waals surface area contributed by atoms with E-state index in [2.05, 4.69) is 10.3 Å². The predicted octanol–water partition coefficient (Wildman–Crippen LogP) is 1.24. The van der Waals surface area contributed by atoms with Crippen molar-refractivity contribution in [2.45, 2.75) is 26.8 Å². The highest BCUT2D eigenvalue weighted by atomic mass is 16.5. The average molecular weight is 266 g/mol. The number of rotatable bonds is 6. The molecule has 0 saturated carbocycles. The number of carboxylic acids is 1. The second-order valence-electron chi connectivity index (χ2n) is 4.17. The topological polar surface area (TPSA) is 88.5 Å². The molecule has 0 aliphatic heterocycles. The van der Waals surface area contributed by atoms with Gasteiger partial charge in [-0.3, -0.25) is 4.79 Å². The van der Waals surface area contributed by atoms with Gasteiger partial charge in [0.25, 0.3) is 5.91 Å². The van der Waals surface area contributed by atoms with Crippen LogP contribution in [0.15, 0.2) is 12.1 Å². The minimum absolute atomic E-state index is 0.0962. The van der Waals surface area contributed by atoms with Gasteiger partial charge in [0.15, 0.2) is 0 Å². The molecule has 1 unspecified atom stereocenters. The minimum atomic E-state index is -1.05. The van der Waals surface area contributed by atoms with E-state index in [0.29, 0.717) is 18.9 Å². The molecule has 1 atom stereocenters. The largest absolute Gasteiger partial charge is 0.478 e. The highest BCUT2D eigenvalue weighted by molar-refractivity contribution is 5.94. The van der Waals surface area contributed by atoms with Crippen LogP contribution in [-0.2, 0) is 4.74 Å². The van der Waals surface area contributed by atoms with Crippen LogP contribution in [-0.4, -0.2) is 41.2 Å². The van der Waals surface area contributed by atoms with Gasteiger partial charge in [0.2, 0.25) is 0 Å². The molecule has 0 radical (unpaired) electrons. The molecule has 1 amide bonds. The number of carbonyl (C=O) groups is 2. The fourth-order valence-corrected chi connectivity index (χ4v) is 1.55. The van der Waals surface area contributed by atoms with Crippen molar-refractivity contribution in [2.24, 2.45) is 0 Å². The summed E-state index contributed by atoms with van der Waals surface area (Å²) in [5, 5.41) is 11.6. The van der Waals surface area contributed by atoms with Crippen molar-refractivity contribution in [2.75, 3.05) is 13.2 Å². The van der Waals surface area contributed by atoms with Gasteiger partial charge in [-0.25, -0.2) is 9.78 Å². The van der Waals surface area contributed by atoms with Gasteiger partial charge in [0.1, 0.15) is 5.69 Å². The lowest BCUT2D eigenvalue weighted by molar-refractivity contribution is 0.0694. The highest BCUT2D eigenvalue weighted by Crippen LogP contribution is 2.07. The summed E-state index contributed by atoms with van der Waals surface area (Å²) in [6.07, 6.45) is 0. The van der Waals surface area contributed by atoms with Gasteiger partial charge < -0.3 is 15.2 Å². The van der Waals surface area contributed by atoms with E-state index in [4.69, 9.17) is 9.84 Å². The Kier molecular flexibility index (Phi) is 5.44. The van der Waals surface area contributed by atoms with Crippen LogP contribution in [0.4, 0.5) is 0 Å². The van der Waals surface area contributed by atoms with Crippen LogP contribution in [0.5, 0.6) is 0 Å². The molecule has 1 rings (SSSR count). The molecule has 0 aliphatic rings. The van der Waals surface area contributed by atoms with Gasteiger partial charge in [-0.2, -0.15) is 0 Å². The summed E-state index contributed by atoms with van der Waals surface area (Å²) >= 11 is 0. The maximum absolute atomic E-state index is 11.9. The van der Waals surface area contributed by atoms with Crippen molar-refractivity contribution >= 4 is 11.9 Å². The second kappa shape index (κ2) is 6.84. The van der Waals surface area contributed by atoms with Crippen molar-refractivity contribution in [3.63, 3.8) is 0 Å². The summed E-state index contributed by atoms with van der Waals surface area (Å²) < 4.78 is 5.19. The first-order chi connectivity index (χ1) is 8.95. The predicted molar refractivity (Wildman–Crippen MR) is 69.4 cm³/mol. The molecule has 0 aromatic carbocycles. The number of aromatic nitrogens is 1. The number of ether oxygens (including phenoxy) is 1. The zero-order chi connectivity index (χ0) is 14.4. The molecule has 1 aromatic rings. The Bertz CT molecular complexity index is 474. The molecule has 1 heterocycles. The fraction of sp³-hybridized carbons (Fsp3) is 0.462. The van der Waals surface area contributed by atoms with Crippen LogP contribution < -0.4 is 5.32 Å². The number of nitrogens with one attached hydrogen (secondary N) is 1. The molecule has 0 spiro atoms. The van der Waals surface area contributed by atoms with Gasteiger partial charge in [0, 0.05) is 12.6 Å². The molecule has 19 heavy (non-hydrogen) atoms. The number of pyridine rings is 1. The lowest BCUT2D eigenvalue weighted by Gasteiger charge is -2.13. The number of hydrogen-bond acceptors (Lipinski definition) is 4. The normalized spacial score (nSPS) is 11.9. The number of nitrogens with zero attached hydrogens (tertiary/aromatic N) is 1. The van der Waals surface area contributed by atoms with Crippen molar-refractivity contribution in [1.82, 2.24) is 10.3 Å². The molecular weight excluding hydrogens is 248 g/mol. The maximum Gasteiger partial charge on any atom is 0.337 e. The molecular formula is C13H18N2O4. The monoisotopic (exact) mass is 266 g/mol. The molecule has 0 bridgehead atoms. The molecule has 104 valence electrons. The van der Waals surface area contributed by atoms with Crippen LogP contribution in [0.2, 0.25) is 0 Å². The van der Waals surface area contributed by atoms with Crippen molar-refractivity contribution in [1.29, 1.82) is 0 Å². The molecule has 6 nitrogen and oxygen atoms in total. The summed E-state index contributed by atoms with van der Waals surface area (Å²) in [6, 6.07) is 2.65. The number of amides is 1.